The molecule has 6 nitrogen and oxygen atoms in total. The molecule has 0 aliphatic heterocycles. The van der Waals surface area contributed by atoms with Gasteiger partial charge >= 0.3 is 5.97 Å². The number of methoxy groups -OCH3 is 1. The van der Waals surface area contributed by atoms with E-state index in [2.05, 4.69) is 9.46 Å². The van der Waals surface area contributed by atoms with Gasteiger partial charge in [0.2, 0.25) is 10.0 Å². The van der Waals surface area contributed by atoms with E-state index in [4.69, 9.17) is 5.11 Å². The van der Waals surface area contributed by atoms with Crippen molar-refractivity contribution >= 4 is 16.0 Å². The number of rotatable bonds is 8. The van der Waals surface area contributed by atoms with E-state index in [0.29, 0.717) is 18.5 Å². The van der Waals surface area contributed by atoms with Crippen LogP contribution < -0.4 is 4.72 Å². The minimum Gasteiger partial charge on any atom is -0.465 e. The largest absolute Gasteiger partial charge is 0.465 e. The van der Waals surface area contributed by atoms with Crippen molar-refractivity contribution in [3.63, 3.8) is 0 Å². The fraction of sp³-hybridized carbons (Fsp3) is 0.500. The van der Waals surface area contributed by atoms with E-state index in [1.54, 1.807) is 0 Å². The summed E-state index contributed by atoms with van der Waals surface area (Å²) in [6, 6.07) is 5.55. The van der Waals surface area contributed by atoms with Gasteiger partial charge in [-0.2, -0.15) is 0 Å². The number of esters is 1. The summed E-state index contributed by atoms with van der Waals surface area (Å²) >= 11 is 0. The monoisotopic (exact) mass is 315 g/mol. The van der Waals surface area contributed by atoms with Crippen LogP contribution in [-0.2, 0) is 14.8 Å². The van der Waals surface area contributed by atoms with Crippen LogP contribution in [0.15, 0.2) is 29.2 Å². The zero-order chi connectivity index (χ0) is 15.9. The van der Waals surface area contributed by atoms with Crippen LogP contribution in [0.1, 0.15) is 30.1 Å². The van der Waals surface area contributed by atoms with Crippen molar-refractivity contribution in [2.75, 3.05) is 20.3 Å². The number of ether oxygens (including phenoxy) is 1. The van der Waals surface area contributed by atoms with E-state index in [1.807, 2.05) is 6.92 Å². The lowest BCUT2D eigenvalue weighted by Crippen LogP contribution is -2.25. The quantitative estimate of drug-likeness (QED) is 0.555. The zero-order valence-electron chi connectivity index (χ0n) is 12.2. The van der Waals surface area contributed by atoms with Crippen LogP contribution in [0.4, 0.5) is 0 Å². The topological polar surface area (TPSA) is 92.7 Å². The Labute approximate surface area is 125 Å². The highest BCUT2D eigenvalue weighted by atomic mass is 32.2. The van der Waals surface area contributed by atoms with E-state index in [0.717, 1.165) is 6.42 Å². The molecule has 0 saturated carbocycles. The first kappa shape index (κ1) is 17.6. The van der Waals surface area contributed by atoms with Gasteiger partial charge in [-0.05, 0) is 43.0 Å². The van der Waals surface area contributed by atoms with Crippen LogP contribution in [0.25, 0.3) is 0 Å². The number of hydrogen-bond acceptors (Lipinski definition) is 5. The third-order valence-electron chi connectivity index (χ3n) is 3.06. The molecule has 7 heteroatoms. The summed E-state index contributed by atoms with van der Waals surface area (Å²) in [6.07, 6.45) is 1.40. The molecule has 118 valence electrons. The second kappa shape index (κ2) is 8.11. The maximum absolute atomic E-state index is 12.0. The number of benzene rings is 1. The van der Waals surface area contributed by atoms with Crippen LogP contribution in [0.3, 0.4) is 0 Å². The fourth-order valence-corrected chi connectivity index (χ4v) is 2.79. The van der Waals surface area contributed by atoms with Crippen molar-refractivity contribution < 1.29 is 23.1 Å². The molecule has 0 saturated heterocycles. The van der Waals surface area contributed by atoms with Gasteiger partial charge in [0.25, 0.3) is 0 Å². The molecular formula is C14H21NO5S. The molecule has 1 aromatic rings. The maximum Gasteiger partial charge on any atom is 0.337 e. The van der Waals surface area contributed by atoms with Crippen LogP contribution in [0.2, 0.25) is 0 Å². The Morgan fingerprint density at radius 3 is 2.48 bits per heavy atom. The summed E-state index contributed by atoms with van der Waals surface area (Å²) in [5.41, 5.74) is 0.299. The molecule has 0 aromatic heterocycles. The molecular weight excluding hydrogens is 294 g/mol. The van der Waals surface area contributed by atoms with Crippen molar-refractivity contribution in [3.05, 3.63) is 29.8 Å². The van der Waals surface area contributed by atoms with Crippen LogP contribution in [0.5, 0.6) is 0 Å². The third-order valence-corrected chi connectivity index (χ3v) is 4.54. The maximum atomic E-state index is 12.0. The van der Waals surface area contributed by atoms with Crippen molar-refractivity contribution in [2.24, 2.45) is 5.92 Å². The lowest BCUT2D eigenvalue weighted by molar-refractivity contribution is 0.0600. The van der Waals surface area contributed by atoms with Gasteiger partial charge in [0.15, 0.2) is 0 Å². The van der Waals surface area contributed by atoms with E-state index in [-0.39, 0.29) is 17.4 Å². The van der Waals surface area contributed by atoms with Gasteiger partial charge in [0, 0.05) is 13.2 Å². The molecule has 0 spiro atoms. The van der Waals surface area contributed by atoms with E-state index in [9.17, 15) is 13.2 Å². The summed E-state index contributed by atoms with van der Waals surface area (Å²) in [5.74, 6) is -0.348. The minimum absolute atomic E-state index is 0.0989. The number of aliphatic hydroxyl groups is 1. The summed E-state index contributed by atoms with van der Waals surface area (Å²) in [5, 5.41) is 8.89. The van der Waals surface area contributed by atoms with Gasteiger partial charge in [-0.3, -0.25) is 0 Å². The van der Waals surface area contributed by atoms with Crippen molar-refractivity contribution in [1.82, 2.24) is 4.72 Å². The first-order valence-corrected chi connectivity index (χ1v) is 8.18. The third kappa shape index (κ3) is 5.45. The van der Waals surface area contributed by atoms with Gasteiger partial charge in [-0.25, -0.2) is 17.9 Å². The van der Waals surface area contributed by atoms with Gasteiger partial charge < -0.3 is 9.84 Å². The van der Waals surface area contributed by atoms with Crippen molar-refractivity contribution in [3.8, 4) is 0 Å². The highest BCUT2D eigenvalue weighted by Crippen LogP contribution is 2.11. The number of hydrogen-bond donors (Lipinski definition) is 2. The number of nitrogens with one attached hydrogen (secondary N) is 1. The number of carbonyl (C=O) groups is 1. The zero-order valence-corrected chi connectivity index (χ0v) is 13.0. The fourth-order valence-electron chi connectivity index (χ4n) is 1.72. The van der Waals surface area contributed by atoms with Crippen molar-refractivity contribution in [2.45, 2.75) is 24.7 Å². The SMILES string of the molecule is COC(=O)c1ccc(S(=O)(=O)NCCCC(C)CO)cc1. The predicted molar refractivity (Wildman–Crippen MR) is 78.5 cm³/mol. The van der Waals surface area contributed by atoms with Gasteiger partial charge in [0.1, 0.15) is 0 Å². The molecule has 0 bridgehead atoms. The second-order valence-corrected chi connectivity index (χ2v) is 6.61. The molecule has 1 unspecified atom stereocenters. The van der Waals surface area contributed by atoms with Crippen molar-refractivity contribution in [1.29, 1.82) is 0 Å². The summed E-state index contributed by atoms with van der Waals surface area (Å²) in [7, 11) is -2.31. The molecule has 1 aromatic carbocycles. The lowest BCUT2D eigenvalue weighted by Gasteiger charge is -2.09. The molecule has 0 amide bonds. The average Bonchev–Trinajstić information content (AvgIpc) is 2.50. The lowest BCUT2D eigenvalue weighted by atomic mass is 10.1. The average molecular weight is 315 g/mol. The smallest absolute Gasteiger partial charge is 0.337 e. The first-order valence-electron chi connectivity index (χ1n) is 6.69. The van der Waals surface area contributed by atoms with Gasteiger partial charge in [-0.15, -0.1) is 0 Å². The normalized spacial score (nSPS) is 12.9. The Bertz CT molecular complexity index is 553. The molecule has 1 rings (SSSR count). The Kier molecular flexibility index (Phi) is 6.80. The van der Waals surface area contributed by atoms with E-state index >= 15 is 0 Å². The standard InChI is InChI=1S/C14H21NO5S/c1-11(10-16)4-3-9-15-21(18,19)13-7-5-12(6-8-13)14(17)20-2/h5-8,11,15-16H,3-4,9-10H2,1-2H3. The second-order valence-electron chi connectivity index (χ2n) is 4.84. The molecule has 1 atom stereocenters. The summed E-state index contributed by atoms with van der Waals surface area (Å²) in [4.78, 5) is 11.4. The van der Waals surface area contributed by atoms with Gasteiger partial charge in [-0.1, -0.05) is 6.92 Å². The van der Waals surface area contributed by atoms with Crippen LogP contribution >= 0.6 is 0 Å². The van der Waals surface area contributed by atoms with E-state index < -0.39 is 16.0 Å². The Morgan fingerprint density at radius 2 is 1.95 bits per heavy atom. The summed E-state index contributed by atoms with van der Waals surface area (Å²) in [6.45, 7) is 2.31. The molecule has 21 heavy (non-hydrogen) atoms. The predicted octanol–water partition coefficient (Wildman–Crippen LogP) is 1.16. The molecule has 0 fully saturated rings. The Morgan fingerprint density at radius 1 is 1.33 bits per heavy atom. The molecule has 0 aliphatic carbocycles. The van der Waals surface area contributed by atoms with Crippen LogP contribution in [0, 0.1) is 5.92 Å². The highest BCUT2D eigenvalue weighted by Gasteiger charge is 2.14. The summed E-state index contributed by atoms with van der Waals surface area (Å²) < 4.78 is 31.1. The van der Waals surface area contributed by atoms with Gasteiger partial charge in [0.05, 0.1) is 17.6 Å². The molecule has 0 radical (unpaired) electrons. The number of carbonyl (C=O) groups excluding carboxylic acids is 1. The number of aliphatic hydroxyl groups excluding tert-OH is 1. The highest BCUT2D eigenvalue weighted by molar-refractivity contribution is 7.89. The molecule has 2 N–H and O–H groups in total. The molecule has 0 aliphatic rings. The van der Waals surface area contributed by atoms with Crippen LogP contribution in [-0.4, -0.2) is 39.8 Å². The Hall–Kier alpha value is -1.44. The molecule has 0 heterocycles. The van der Waals surface area contributed by atoms with E-state index in [1.165, 1.54) is 31.4 Å². The Balaban J connectivity index is 2.60. The minimum atomic E-state index is -3.58. The number of sulfonamides is 1. The first-order chi connectivity index (χ1) is 9.90.